The van der Waals surface area contributed by atoms with E-state index in [1.807, 2.05) is 20.8 Å². The highest BCUT2D eigenvalue weighted by molar-refractivity contribution is 6.30. The first-order valence-electron chi connectivity index (χ1n) is 9.26. The lowest BCUT2D eigenvalue weighted by molar-refractivity contribution is 0.0275. The molecule has 3 heterocycles. The van der Waals surface area contributed by atoms with Crippen molar-refractivity contribution >= 4 is 28.5 Å². The van der Waals surface area contributed by atoms with Crippen LogP contribution < -0.4 is 4.74 Å². The monoisotopic (exact) mass is 407 g/mol. The van der Waals surface area contributed by atoms with Crippen molar-refractivity contribution in [3.63, 3.8) is 0 Å². The Labute approximate surface area is 169 Å². The van der Waals surface area contributed by atoms with Gasteiger partial charge in [-0.3, -0.25) is 0 Å². The minimum Gasteiger partial charge on any atom is -0.472 e. The highest BCUT2D eigenvalue weighted by Gasteiger charge is 2.32. The van der Waals surface area contributed by atoms with Gasteiger partial charge in [0, 0.05) is 30.9 Å². The second-order valence-electron chi connectivity index (χ2n) is 8.54. The number of rotatable bonds is 3. The third kappa shape index (κ3) is 4.64. The summed E-state index contributed by atoms with van der Waals surface area (Å²) in [6, 6.07) is 1.69. The SMILES string of the molecule is CC(C)(C)OC(=O)N1CC[C@H](Oc2ncc(C(C)(C)O)c3cc(Cl)ncc23)C1. The van der Waals surface area contributed by atoms with Crippen LogP contribution in [0.5, 0.6) is 5.88 Å². The largest absolute Gasteiger partial charge is 0.472 e. The summed E-state index contributed by atoms with van der Waals surface area (Å²) < 4.78 is 11.5. The van der Waals surface area contributed by atoms with E-state index in [1.165, 1.54) is 0 Å². The second-order valence-corrected chi connectivity index (χ2v) is 8.93. The summed E-state index contributed by atoms with van der Waals surface area (Å²) in [6.07, 6.45) is 3.32. The normalized spacial score (nSPS) is 17.8. The molecule has 0 radical (unpaired) electrons. The highest BCUT2D eigenvalue weighted by atomic mass is 35.5. The van der Waals surface area contributed by atoms with Crippen LogP contribution in [0.3, 0.4) is 0 Å². The Morgan fingerprint density at radius 2 is 1.93 bits per heavy atom. The van der Waals surface area contributed by atoms with Crippen LogP contribution in [0, 0.1) is 0 Å². The number of nitrogens with zero attached hydrogens (tertiary/aromatic N) is 3. The quantitative estimate of drug-likeness (QED) is 0.776. The minimum atomic E-state index is -1.09. The average Bonchev–Trinajstić information content (AvgIpc) is 3.00. The van der Waals surface area contributed by atoms with E-state index in [2.05, 4.69) is 9.97 Å². The van der Waals surface area contributed by atoms with E-state index in [-0.39, 0.29) is 12.2 Å². The summed E-state index contributed by atoms with van der Waals surface area (Å²) in [4.78, 5) is 22.4. The maximum Gasteiger partial charge on any atom is 0.410 e. The van der Waals surface area contributed by atoms with Crippen LogP contribution in [0.25, 0.3) is 10.8 Å². The van der Waals surface area contributed by atoms with E-state index in [0.29, 0.717) is 41.5 Å². The summed E-state index contributed by atoms with van der Waals surface area (Å²) in [5.74, 6) is 0.406. The fourth-order valence-corrected chi connectivity index (χ4v) is 3.30. The van der Waals surface area contributed by atoms with Gasteiger partial charge in [0.25, 0.3) is 0 Å². The van der Waals surface area contributed by atoms with Crippen molar-refractivity contribution in [3.05, 3.63) is 29.2 Å². The number of ether oxygens (including phenoxy) is 2. The van der Waals surface area contributed by atoms with Crippen LogP contribution in [0.1, 0.15) is 46.6 Å². The summed E-state index contributed by atoms with van der Waals surface area (Å²) in [7, 11) is 0. The smallest absolute Gasteiger partial charge is 0.410 e. The molecule has 0 unspecified atom stereocenters. The van der Waals surface area contributed by atoms with Gasteiger partial charge in [0.2, 0.25) is 5.88 Å². The topological polar surface area (TPSA) is 84.8 Å². The molecule has 2 aromatic heterocycles. The van der Waals surface area contributed by atoms with Gasteiger partial charge in [-0.05, 0) is 46.1 Å². The molecule has 0 aromatic carbocycles. The molecule has 0 bridgehead atoms. The van der Waals surface area contributed by atoms with Crippen LogP contribution in [-0.2, 0) is 10.3 Å². The van der Waals surface area contributed by atoms with Crippen molar-refractivity contribution in [2.75, 3.05) is 13.1 Å². The lowest BCUT2D eigenvalue weighted by Crippen LogP contribution is -2.36. The number of hydrogen-bond donors (Lipinski definition) is 1. The van der Waals surface area contributed by atoms with Crippen LogP contribution in [-0.4, -0.2) is 50.9 Å². The number of hydrogen-bond acceptors (Lipinski definition) is 6. The van der Waals surface area contributed by atoms with Crippen molar-refractivity contribution in [2.45, 2.75) is 58.3 Å². The zero-order valence-corrected chi connectivity index (χ0v) is 17.6. The second kappa shape index (κ2) is 7.37. The van der Waals surface area contributed by atoms with Crippen LogP contribution in [0.15, 0.2) is 18.5 Å². The van der Waals surface area contributed by atoms with E-state index in [1.54, 1.807) is 37.2 Å². The molecular weight excluding hydrogens is 382 g/mol. The summed E-state index contributed by atoms with van der Waals surface area (Å²) in [5, 5.41) is 12.2. The van der Waals surface area contributed by atoms with Gasteiger partial charge in [0.15, 0.2) is 0 Å². The molecule has 0 saturated carbocycles. The molecule has 152 valence electrons. The first kappa shape index (κ1) is 20.6. The van der Waals surface area contributed by atoms with Gasteiger partial charge >= 0.3 is 6.09 Å². The lowest BCUT2D eigenvalue weighted by Gasteiger charge is -2.24. The summed E-state index contributed by atoms with van der Waals surface area (Å²) >= 11 is 6.06. The predicted octanol–water partition coefficient (Wildman–Crippen LogP) is 3.90. The van der Waals surface area contributed by atoms with E-state index >= 15 is 0 Å². The highest BCUT2D eigenvalue weighted by Crippen LogP contribution is 2.34. The number of carbonyl (C=O) groups is 1. The fraction of sp³-hybridized carbons (Fsp3) is 0.550. The number of aliphatic hydroxyl groups is 1. The van der Waals surface area contributed by atoms with Crippen molar-refractivity contribution in [3.8, 4) is 5.88 Å². The third-order valence-electron chi connectivity index (χ3n) is 4.44. The van der Waals surface area contributed by atoms with Gasteiger partial charge in [-0.25, -0.2) is 14.8 Å². The number of amides is 1. The molecule has 1 atom stereocenters. The Bertz CT molecular complexity index is 889. The first-order valence-corrected chi connectivity index (χ1v) is 9.63. The Kier molecular flexibility index (Phi) is 5.42. The van der Waals surface area contributed by atoms with Crippen LogP contribution in [0.2, 0.25) is 5.15 Å². The van der Waals surface area contributed by atoms with E-state index in [4.69, 9.17) is 21.1 Å². The van der Waals surface area contributed by atoms with Gasteiger partial charge in [-0.15, -0.1) is 0 Å². The molecule has 8 heteroatoms. The molecule has 1 saturated heterocycles. The molecule has 28 heavy (non-hydrogen) atoms. The van der Waals surface area contributed by atoms with Gasteiger partial charge in [0.1, 0.15) is 16.9 Å². The van der Waals surface area contributed by atoms with Crippen molar-refractivity contribution in [1.82, 2.24) is 14.9 Å². The van der Waals surface area contributed by atoms with Crippen molar-refractivity contribution in [1.29, 1.82) is 0 Å². The van der Waals surface area contributed by atoms with Gasteiger partial charge < -0.3 is 19.5 Å². The predicted molar refractivity (Wildman–Crippen MR) is 107 cm³/mol. The maximum absolute atomic E-state index is 12.2. The molecule has 1 aliphatic heterocycles. The van der Waals surface area contributed by atoms with Crippen LogP contribution in [0.4, 0.5) is 4.79 Å². The number of aromatic nitrogens is 2. The molecule has 3 rings (SSSR count). The Hall–Kier alpha value is -2.12. The van der Waals surface area contributed by atoms with Gasteiger partial charge in [-0.1, -0.05) is 11.6 Å². The Morgan fingerprint density at radius 1 is 1.21 bits per heavy atom. The van der Waals surface area contributed by atoms with E-state index in [9.17, 15) is 9.90 Å². The molecule has 0 spiro atoms. The molecule has 2 aromatic rings. The van der Waals surface area contributed by atoms with E-state index in [0.717, 1.165) is 5.39 Å². The maximum atomic E-state index is 12.2. The molecule has 1 N–H and O–H groups in total. The molecule has 0 aliphatic carbocycles. The Morgan fingerprint density at radius 3 is 2.57 bits per heavy atom. The molecular formula is C20H26ClN3O4. The first-order chi connectivity index (χ1) is 12.9. The van der Waals surface area contributed by atoms with Gasteiger partial charge in [0.05, 0.1) is 17.5 Å². The van der Waals surface area contributed by atoms with Gasteiger partial charge in [-0.2, -0.15) is 0 Å². The molecule has 1 fully saturated rings. The number of carbonyl (C=O) groups excluding carboxylic acids is 1. The van der Waals surface area contributed by atoms with Crippen molar-refractivity contribution < 1.29 is 19.4 Å². The third-order valence-corrected chi connectivity index (χ3v) is 4.64. The van der Waals surface area contributed by atoms with Crippen molar-refractivity contribution in [2.24, 2.45) is 0 Å². The molecule has 1 amide bonds. The lowest BCUT2D eigenvalue weighted by atomic mass is 9.95. The number of halogens is 1. The summed E-state index contributed by atoms with van der Waals surface area (Å²) in [6.45, 7) is 9.88. The zero-order chi connectivity index (χ0) is 20.7. The Balaban J connectivity index is 1.81. The summed E-state index contributed by atoms with van der Waals surface area (Å²) in [5.41, 5.74) is -0.984. The number of fused-ring (bicyclic) bond motifs is 1. The standard InChI is InChI=1S/C20H26ClN3O4/c1-19(2,3)28-18(25)24-7-6-12(11-24)27-17-14-9-22-16(21)8-13(14)15(10-23-17)20(4,5)26/h8-10,12,26H,6-7,11H2,1-5H3/t12-/m0/s1. The zero-order valence-electron chi connectivity index (χ0n) is 16.8. The van der Waals surface area contributed by atoms with E-state index < -0.39 is 11.2 Å². The fourth-order valence-electron chi connectivity index (χ4n) is 3.14. The molecule has 1 aliphatic rings. The number of likely N-dealkylation sites (tertiary alicyclic amines) is 1. The van der Waals surface area contributed by atoms with Crippen LogP contribution >= 0.6 is 11.6 Å². The number of pyridine rings is 2. The average molecular weight is 408 g/mol. The minimum absolute atomic E-state index is 0.202. The molecule has 7 nitrogen and oxygen atoms in total.